The minimum absolute atomic E-state index is 0.0399. The molecule has 28 heavy (non-hydrogen) atoms. The van der Waals surface area contributed by atoms with E-state index in [1.165, 1.54) is 29.5 Å². The van der Waals surface area contributed by atoms with Gasteiger partial charge in [-0.2, -0.15) is 0 Å². The van der Waals surface area contributed by atoms with Crippen LogP contribution in [0.15, 0.2) is 18.2 Å². The lowest BCUT2D eigenvalue weighted by molar-refractivity contribution is 0.103. The summed E-state index contributed by atoms with van der Waals surface area (Å²) >= 11 is 7.13. The number of amides is 1. The number of ether oxygens (including phenoxy) is 1. The van der Waals surface area contributed by atoms with E-state index >= 15 is 0 Å². The van der Waals surface area contributed by atoms with E-state index in [0.29, 0.717) is 29.6 Å². The number of morpholine rings is 1. The van der Waals surface area contributed by atoms with Gasteiger partial charge in [0.25, 0.3) is 5.91 Å². The summed E-state index contributed by atoms with van der Waals surface area (Å²) in [6.07, 6.45) is 0. The third kappa shape index (κ3) is 3.55. The first-order valence-corrected chi connectivity index (χ1v) is 10.0. The normalized spacial score (nSPS) is 14.5. The second kappa shape index (κ2) is 7.62. The second-order valence-corrected chi connectivity index (χ2v) is 7.92. The average molecular weight is 421 g/mol. The summed E-state index contributed by atoms with van der Waals surface area (Å²) in [6.45, 7) is 6.53. The van der Waals surface area contributed by atoms with Crippen LogP contribution in [0, 0.1) is 19.7 Å². The van der Waals surface area contributed by atoms with E-state index in [0.717, 1.165) is 34.7 Å². The molecule has 1 amide bonds. The van der Waals surface area contributed by atoms with Crippen LogP contribution < -0.4 is 10.2 Å². The minimum Gasteiger partial charge on any atom is -0.378 e. The Morgan fingerprint density at radius 1 is 1.29 bits per heavy atom. The molecule has 1 aromatic carbocycles. The van der Waals surface area contributed by atoms with Crippen molar-refractivity contribution in [3.63, 3.8) is 0 Å². The van der Waals surface area contributed by atoms with E-state index in [2.05, 4.69) is 20.2 Å². The topological polar surface area (TPSA) is 67.4 Å². The molecule has 6 nitrogen and oxygen atoms in total. The van der Waals surface area contributed by atoms with E-state index in [1.807, 2.05) is 13.8 Å². The standard InChI is InChI=1S/C19H18ClFN4O2S/c1-10-15-17(25-5-7-27-8-6-25)22-11(2)23-19(15)28-16(10)18(26)24-12-3-4-14(21)13(20)9-12/h3-4,9H,5-8H2,1-2H3,(H,24,26). The first kappa shape index (κ1) is 19.0. The maximum atomic E-state index is 13.4. The molecule has 4 rings (SSSR count). The summed E-state index contributed by atoms with van der Waals surface area (Å²) in [7, 11) is 0. The van der Waals surface area contributed by atoms with Gasteiger partial charge in [0.1, 0.15) is 22.3 Å². The highest BCUT2D eigenvalue weighted by atomic mass is 35.5. The number of fused-ring (bicyclic) bond motifs is 1. The van der Waals surface area contributed by atoms with Gasteiger partial charge in [0.15, 0.2) is 0 Å². The lowest BCUT2D eigenvalue weighted by Gasteiger charge is -2.28. The Hall–Kier alpha value is -2.29. The molecule has 3 aromatic rings. The molecular formula is C19H18ClFN4O2S. The van der Waals surface area contributed by atoms with Crippen molar-refractivity contribution < 1.29 is 13.9 Å². The maximum absolute atomic E-state index is 13.4. The summed E-state index contributed by atoms with van der Waals surface area (Å²) in [4.78, 5) is 25.5. The van der Waals surface area contributed by atoms with Gasteiger partial charge in [-0.3, -0.25) is 4.79 Å². The highest BCUT2D eigenvalue weighted by molar-refractivity contribution is 7.20. The number of carbonyl (C=O) groups is 1. The van der Waals surface area contributed by atoms with Gasteiger partial charge in [0.05, 0.1) is 28.5 Å². The van der Waals surface area contributed by atoms with Gasteiger partial charge in [0, 0.05) is 18.8 Å². The highest BCUT2D eigenvalue weighted by Gasteiger charge is 2.24. The van der Waals surface area contributed by atoms with Crippen molar-refractivity contribution in [1.29, 1.82) is 0 Å². The van der Waals surface area contributed by atoms with Crippen molar-refractivity contribution in [1.82, 2.24) is 9.97 Å². The van der Waals surface area contributed by atoms with Gasteiger partial charge in [-0.05, 0) is 37.6 Å². The second-order valence-electron chi connectivity index (χ2n) is 6.51. The lowest BCUT2D eigenvalue weighted by Crippen LogP contribution is -2.37. The van der Waals surface area contributed by atoms with Crippen LogP contribution in [0.2, 0.25) is 5.02 Å². The van der Waals surface area contributed by atoms with Crippen molar-refractivity contribution >= 4 is 50.6 Å². The number of nitrogens with zero attached hydrogens (tertiary/aromatic N) is 3. The molecular weight excluding hydrogens is 403 g/mol. The smallest absolute Gasteiger partial charge is 0.266 e. The van der Waals surface area contributed by atoms with Gasteiger partial charge in [-0.15, -0.1) is 11.3 Å². The number of benzene rings is 1. The Morgan fingerprint density at radius 2 is 2.04 bits per heavy atom. The summed E-state index contributed by atoms with van der Waals surface area (Å²) < 4.78 is 18.8. The zero-order valence-electron chi connectivity index (χ0n) is 15.4. The molecule has 0 atom stereocenters. The third-order valence-electron chi connectivity index (χ3n) is 4.58. The van der Waals surface area contributed by atoms with Gasteiger partial charge in [0.2, 0.25) is 0 Å². The molecule has 1 aliphatic heterocycles. The monoisotopic (exact) mass is 420 g/mol. The summed E-state index contributed by atoms with van der Waals surface area (Å²) in [6, 6.07) is 4.09. The van der Waals surface area contributed by atoms with Crippen molar-refractivity contribution in [2.24, 2.45) is 0 Å². The van der Waals surface area contributed by atoms with Gasteiger partial charge >= 0.3 is 0 Å². The van der Waals surface area contributed by atoms with Crippen molar-refractivity contribution in [3.8, 4) is 0 Å². The Bertz CT molecular complexity index is 1070. The van der Waals surface area contributed by atoms with Crippen LogP contribution in [0.5, 0.6) is 0 Å². The molecule has 0 radical (unpaired) electrons. The fraction of sp³-hybridized carbons (Fsp3) is 0.316. The van der Waals surface area contributed by atoms with Crippen LogP contribution in [0.3, 0.4) is 0 Å². The highest BCUT2D eigenvalue weighted by Crippen LogP contribution is 2.36. The van der Waals surface area contributed by atoms with Crippen molar-refractivity contribution in [2.45, 2.75) is 13.8 Å². The molecule has 1 fully saturated rings. The summed E-state index contributed by atoms with van der Waals surface area (Å²) in [5.41, 5.74) is 1.26. The Morgan fingerprint density at radius 3 is 2.75 bits per heavy atom. The lowest BCUT2D eigenvalue weighted by atomic mass is 10.1. The zero-order chi connectivity index (χ0) is 19.8. The summed E-state index contributed by atoms with van der Waals surface area (Å²) in [5, 5.41) is 3.63. The van der Waals surface area contributed by atoms with Crippen LogP contribution >= 0.6 is 22.9 Å². The maximum Gasteiger partial charge on any atom is 0.266 e. The molecule has 0 spiro atoms. The molecule has 1 saturated heterocycles. The molecule has 2 aromatic heterocycles. The van der Waals surface area contributed by atoms with Crippen LogP contribution in [-0.2, 0) is 4.74 Å². The molecule has 0 bridgehead atoms. The first-order valence-electron chi connectivity index (χ1n) is 8.81. The van der Waals surface area contributed by atoms with Gasteiger partial charge < -0.3 is 15.0 Å². The SMILES string of the molecule is Cc1nc(N2CCOCC2)c2c(C)c(C(=O)Nc3ccc(F)c(Cl)c3)sc2n1. The molecule has 0 aliphatic carbocycles. The number of thiophene rings is 1. The first-order chi connectivity index (χ1) is 13.4. The van der Waals surface area contributed by atoms with E-state index < -0.39 is 5.82 Å². The van der Waals surface area contributed by atoms with Crippen LogP contribution in [0.4, 0.5) is 15.9 Å². The molecule has 0 saturated carbocycles. The average Bonchev–Trinajstić information content (AvgIpc) is 3.01. The number of rotatable bonds is 3. The van der Waals surface area contributed by atoms with E-state index in [-0.39, 0.29) is 10.9 Å². The Balaban J connectivity index is 1.72. The van der Waals surface area contributed by atoms with Crippen LogP contribution in [0.1, 0.15) is 21.1 Å². The molecule has 0 unspecified atom stereocenters. The Labute approximate surface area is 170 Å². The number of hydrogen-bond donors (Lipinski definition) is 1. The predicted octanol–water partition coefficient (Wildman–Crippen LogP) is 4.19. The number of nitrogens with one attached hydrogen (secondary N) is 1. The number of carbonyl (C=O) groups excluding carboxylic acids is 1. The number of aromatic nitrogens is 2. The zero-order valence-corrected chi connectivity index (χ0v) is 17.0. The summed E-state index contributed by atoms with van der Waals surface area (Å²) in [5.74, 6) is 0.684. The number of halogens is 2. The third-order valence-corrected chi connectivity index (χ3v) is 6.05. The van der Waals surface area contributed by atoms with Crippen molar-refractivity contribution in [3.05, 3.63) is 45.3 Å². The number of hydrogen-bond acceptors (Lipinski definition) is 6. The number of aryl methyl sites for hydroxylation is 2. The number of anilines is 2. The van der Waals surface area contributed by atoms with E-state index in [9.17, 15) is 9.18 Å². The fourth-order valence-electron chi connectivity index (χ4n) is 3.20. The minimum atomic E-state index is -0.529. The molecule has 3 heterocycles. The van der Waals surface area contributed by atoms with E-state index in [4.69, 9.17) is 16.3 Å². The van der Waals surface area contributed by atoms with Crippen LogP contribution in [-0.4, -0.2) is 42.2 Å². The largest absolute Gasteiger partial charge is 0.378 e. The van der Waals surface area contributed by atoms with Crippen molar-refractivity contribution in [2.75, 3.05) is 36.5 Å². The van der Waals surface area contributed by atoms with Gasteiger partial charge in [-0.1, -0.05) is 11.6 Å². The molecule has 1 aliphatic rings. The molecule has 1 N–H and O–H groups in total. The quantitative estimate of drug-likeness (QED) is 0.688. The van der Waals surface area contributed by atoms with Crippen LogP contribution in [0.25, 0.3) is 10.2 Å². The predicted molar refractivity (Wildman–Crippen MR) is 109 cm³/mol. The molecule has 9 heteroatoms. The Kier molecular flexibility index (Phi) is 5.18. The van der Waals surface area contributed by atoms with E-state index in [1.54, 1.807) is 0 Å². The molecule has 146 valence electrons. The fourth-order valence-corrected chi connectivity index (χ4v) is 4.50. The van der Waals surface area contributed by atoms with Gasteiger partial charge in [-0.25, -0.2) is 14.4 Å².